The number of nitrogens with zero attached hydrogens (tertiary/aromatic N) is 3. The molecule has 0 aliphatic carbocycles. The highest BCUT2D eigenvalue weighted by Gasteiger charge is 2.16. The number of halogens is 1. The fraction of sp³-hybridized carbons (Fsp3) is 0.0769. The Morgan fingerprint density at radius 2 is 2.15 bits per heavy atom. The first-order valence-electron chi connectivity index (χ1n) is 5.52. The lowest BCUT2D eigenvalue weighted by Crippen LogP contribution is -2.28. The molecule has 0 atom stereocenters. The van der Waals surface area contributed by atoms with Gasteiger partial charge in [-0.15, -0.1) is 0 Å². The van der Waals surface area contributed by atoms with E-state index in [9.17, 15) is 9.59 Å². The highest BCUT2D eigenvalue weighted by atomic mass is 35.5. The normalized spacial score (nSPS) is 10.0. The largest absolute Gasteiger partial charge is 0.477 e. The lowest BCUT2D eigenvalue weighted by Gasteiger charge is -2.07. The van der Waals surface area contributed by atoms with Crippen molar-refractivity contribution in [3.63, 3.8) is 0 Å². The molecule has 6 nitrogen and oxygen atoms in total. The maximum Gasteiger partial charge on any atom is 0.341 e. The first kappa shape index (κ1) is 13.8. The zero-order valence-corrected chi connectivity index (χ0v) is 10.8. The molecule has 1 aromatic heterocycles. The number of nitriles is 1. The molecule has 0 unspecified atom stereocenters. The van der Waals surface area contributed by atoms with E-state index < -0.39 is 17.1 Å². The maximum atomic E-state index is 11.8. The molecule has 0 amide bonds. The molecule has 0 radical (unpaired) electrons. The molecule has 1 aromatic carbocycles. The molecule has 0 saturated heterocycles. The molecule has 0 bridgehead atoms. The number of carbonyl (C=O) groups is 1. The first-order valence-corrected chi connectivity index (χ1v) is 5.89. The average molecular weight is 290 g/mol. The summed E-state index contributed by atoms with van der Waals surface area (Å²) in [5, 5.41) is 22.1. The monoisotopic (exact) mass is 289 g/mol. The Morgan fingerprint density at radius 1 is 1.45 bits per heavy atom. The van der Waals surface area contributed by atoms with Gasteiger partial charge in [0.25, 0.3) is 5.56 Å². The van der Waals surface area contributed by atoms with Gasteiger partial charge in [-0.1, -0.05) is 29.8 Å². The number of carboxylic acid groups (broad SMARTS) is 1. The molecule has 0 saturated carbocycles. The van der Waals surface area contributed by atoms with Crippen LogP contribution in [-0.2, 0) is 6.54 Å². The summed E-state index contributed by atoms with van der Waals surface area (Å²) < 4.78 is 0.808. The van der Waals surface area contributed by atoms with Gasteiger partial charge in [-0.05, 0) is 12.1 Å². The van der Waals surface area contributed by atoms with E-state index >= 15 is 0 Å². The SMILES string of the molecule is N#CCn1nc(-c2ccccc2Cl)cc(C(=O)O)c1=O. The zero-order chi connectivity index (χ0) is 14.7. The van der Waals surface area contributed by atoms with Crippen LogP contribution in [-0.4, -0.2) is 20.9 Å². The van der Waals surface area contributed by atoms with E-state index in [0.29, 0.717) is 10.6 Å². The van der Waals surface area contributed by atoms with E-state index in [1.807, 2.05) is 0 Å². The second-order valence-electron chi connectivity index (χ2n) is 3.85. The molecular formula is C13H8ClN3O3. The van der Waals surface area contributed by atoms with Crippen molar-refractivity contribution < 1.29 is 9.90 Å². The molecule has 0 aliphatic heterocycles. The minimum Gasteiger partial charge on any atom is -0.477 e. The zero-order valence-electron chi connectivity index (χ0n) is 10.1. The van der Waals surface area contributed by atoms with E-state index in [2.05, 4.69) is 5.10 Å². The van der Waals surface area contributed by atoms with Gasteiger partial charge < -0.3 is 5.11 Å². The van der Waals surface area contributed by atoms with Crippen LogP contribution in [0.3, 0.4) is 0 Å². The molecule has 0 spiro atoms. The average Bonchev–Trinajstić information content (AvgIpc) is 2.41. The molecule has 20 heavy (non-hydrogen) atoms. The van der Waals surface area contributed by atoms with Gasteiger partial charge in [0.05, 0.1) is 16.8 Å². The van der Waals surface area contributed by atoms with E-state index in [-0.39, 0.29) is 12.2 Å². The second kappa shape index (κ2) is 5.55. The third kappa shape index (κ3) is 2.53. The summed E-state index contributed by atoms with van der Waals surface area (Å²) in [4.78, 5) is 22.9. The summed E-state index contributed by atoms with van der Waals surface area (Å²) in [5.74, 6) is -1.38. The van der Waals surface area contributed by atoms with Crippen molar-refractivity contribution in [2.24, 2.45) is 0 Å². The fourth-order valence-electron chi connectivity index (χ4n) is 1.67. The molecule has 1 heterocycles. The van der Waals surface area contributed by atoms with Crippen molar-refractivity contribution in [1.82, 2.24) is 9.78 Å². The Labute approximate surface area is 118 Å². The Bertz CT molecular complexity index is 777. The van der Waals surface area contributed by atoms with Crippen molar-refractivity contribution in [3.8, 4) is 17.3 Å². The van der Waals surface area contributed by atoms with Crippen molar-refractivity contribution in [3.05, 3.63) is 51.3 Å². The number of carboxylic acids is 1. The molecule has 2 rings (SSSR count). The van der Waals surface area contributed by atoms with Gasteiger partial charge in [0.1, 0.15) is 12.1 Å². The van der Waals surface area contributed by atoms with Crippen LogP contribution in [0.5, 0.6) is 0 Å². The van der Waals surface area contributed by atoms with Crippen LogP contribution >= 0.6 is 11.6 Å². The van der Waals surface area contributed by atoms with Gasteiger partial charge in [-0.2, -0.15) is 10.4 Å². The third-order valence-corrected chi connectivity index (χ3v) is 2.90. The van der Waals surface area contributed by atoms with Gasteiger partial charge in [-0.25, -0.2) is 9.48 Å². The summed E-state index contributed by atoms with van der Waals surface area (Å²) in [6.45, 7) is -0.336. The van der Waals surface area contributed by atoms with E-state index in [4.69, 9.17) is 22.0 Å². The third-order valence-electron chi connectivity index (χ3n) is 2.58. The predicted octanol–water partition coefficient (Wildman–Crippen LogP) is 1.79. The van der Waals surface area contributed by atoms with Gasteiger partial charge in [0, 0.05) is 5.56 Å². The van der Waals surface area contributed by atoms with Crippen LogP contribution in [0.1, 0.15) is 10.4 Å². The molecule has 1 N–H and O–H groups in total. The number of aromatic nitrogens is 2. The van der Waals surface area contributed by atoms with Crippen LogP contribution in [0.4, 0.5) is 0 Å². The topological polar surface area (TPSA) is 96.0 Å². The lowest BCUT2D eigenvalue weighted by molar-refractivity contribution is 0.0694. The van der Waals surface area contributed by atoms with Crippen LogP contribution in [0.25, 0.3) is 11.3 Å². The number of aromatic carboxylic acids is 1. The fourth-order valence-corrected chi connectivity index (χ4v) is 1.90. The summed E-state index contributed by atoms with van der Waals surface area (Å²) in [6, 6.07) is 9.61. The minimum absolute atomic E-state index is 0.225. The second-order valence-corrected chi connectivity index (χ2v) is 4.26. The van der Waals surface area contributed by atoms with Crippen molar-refractivity contribution in [1.29, 1.82) is 5.26 Å². The molecule has 2 aromatic rings. The minimum atomic E-state index is -1.38. The molecular weight excluding hydrogens is 282 g/mol. The number of hydrogen-bond acceptors (Lipinski definition) is 4. The quantitative estimate of drug-likeness (QED) is 0.929. The van der Waals surface area contributed by atoms with Crippen molar-refractivity contribution in [2.75, 3.05) is 0 Å². The van der Waals surface area contributed by atoms with Crippen LogP contribution in [0.2, 0.25) is 5.02 Å². The number of benzene rings is 1. The van der Waals surface area contributed by atoms with Gasteiger partial charge in [0.15, 0.2) is 0 Å². The van der Waals surface area contributed by atoms with Gasteiger partial charge in [-0.3, -0.25) is 4.79 Å². The van der Waals surface area contributed by atoms with E-state index in [0.717, 1.165) is 10.7 Å². The Morgan fingerprint density at radius 3 is 2.75 bits per heavy atom. The van der Waals surface area contributed by atoms with E-state index in [1.54, 1.807) is 30.3 Å². The van der Waals surface area contributed by atoms with Gasteiger partial charge >= 0.3 is 5.97 Å². The predicted molar refractivity (Wildman–Crippen MR) is 71.5 cm³/mol. The Hall–Kier alpha value is -2.65. The van der Waals surface area contributed by atoms with Crippen LogP contribution in [0.15, 0.2) is 35.1 Å². The summed E-state index contributed by atoms with van der Waals surface area (Å²) in [5.41, 5.74) is -0.564. The van der Waals surface area contributed by atoms with Crippen LogP contribution in [0, 0.1) is 11.3 Å². The number of hydrogen-bond donors (Lipinski definition) is 1. The van der Waals surface area contributed by atoms with Crippen molar-refractivity contribution in [2.45, 2.75) is 6.54 Å². The van der Waals surface area contributed by atoms with Crippen molar-refractivity contribution >= 4 is 17.6 Å². The summed E-state index contributed by atoms with van der Waals surface area (Å²) >= 11 is 6.02. The maximum absolute atomic E-state index is 11.8. The van der Waals surface area contributed by atoms with E-state index in [1.165, 1.54) is 0 Å². The van der Waals surface area contributed by atoms with Crippen LogP contribution < -0.4 is 5.56 Å². The van der Waals surface area contributed by atoms with Gasteiger partial charge in [0.2, 0.25) is 0 Å². The lowest BCUT2D eigenvalue weighted by atomic mass is 10.1. The Kier molecular flexibility index (Phi) is 3.82. The molecule has 100 valence electrons. The highest BCUT2D eigenvalue weighted by Crippen LogP contribution is 2.25. The standard InChI is InChI=1S/C13H8ClN3O3/c14-10-4-2-1-3-8(10)11-7-9(13(19)20)12(18)17(16-11)6-5-15/h1-4,7H,6H2,(H,19,20). The smallest absolute Gasteiger partial charge is 0.341 e. The summed E-state index contributed by atoms with van der Waals surface area (Å²) in [7, 11) is 0. The molecule has 0 aliphatic rings. The molecule has 7 heteroatoms. The number of rotatable bonds is 3. The summed E-state index contributed by atoms with van der Waals surface area (Å²) in [6.07, 6.45) is 0. The molecule has 0 fully saturated rings. The first-order chi connectivity index (χ1) is 9.54. The Balaban J connectivity index is 2.73. The highest BCUT2D eigenvalue weighted by molar-refractivity contribution is 6.33.